The molecule has 0 unspecified atom stereocenters. The summed E-state index contributed by atoms with van der Waals surface area (Å²) in [5.74, 6) is 0.357. The van der Waals surface area contributed by atoms with Crippen molar-refractivity contribution in [1.29, 1.82) is 0 Å². The molecule has 4 nitrogen and oxygen atoms in total. The number of aromatic carboxylic acids is 1. The van der Waals surface area contributed by atoms with Crippen LogP contribution in [0.3, 0.4) is 0 Å². The zero-order valence-corrected chi connectivity index (χ0v) is 11.3. The van der Waals surface area contributed by atoms with Crippen LogP contribution in [-0.2, 0) is 6.61 Å². The second-order valence-electron chi connectivity index (χ2n) is 3.75. The van der Waals surface area contributed by atoms with Crippen LogP contribution < -0.4 is 9.47 Å². The molecule has 0 bridgehead atoms. The average Bonchev–Trinajstić information content (AvgIpc) is 2.86. The SMILES string of the molecule is CCOc1ccccc1OCc1ccsc1C(=O)O. The Kier molecular flexibility index (Phi) is 4.41. The molecular weight excluding hydrogens is 264 g/mol. The first-order chi connectivity index (χ1) is 9.22. The van der Waals surface area contributed by atoms with E-state index in [2.05, 4.69) is 0 Å². The molecule has 1 heterocycles. The number of para-hydroxylation sites is 2. The topological polar surface area (TPSA) is 55.8 Å². The summed E-state index contributed by atoms with van der Waals surface area (Å²) >= 11 is 1.20. The minimum absolute atomic E-state index is 0.217. The molecule has 5 heteroatoms. The second kappa shape index (κ2) is 6.24. The fourth-order valence-electron chi connectivity index (χ4n) is 1.64. The van der Waals surface area contributed by atoms with Gasteiger partial charge in [0.25, 0.3) is 0 Å². The van der Waals surface area contributed by atoms with E-state index in [1.807, 2.05) is 25.1 Å². The van der Waals surface area contributed by atoms with Crippen LogP contribution >= 0.6 is 11.3 Å². The summed E-state index contributed by atoms with van der Waals surface area (Å²) in [6.45, 7) is 2.67. The lowest BCUT2D eigenvalue weighted by atomic mass is 10.2. The summed E-state index contributed by atoms with van der Waals surface area (Å²) in [6.07, 6.45) is 0. The van der Waals surface area contributed by atoms with E-state index in [9.17, 15) is 4.79 Å². The van der Waals surface area contributed by atoms with E-state index in [4.69, 9.17) is 14.6 Å². The third-order valence-corrected chi connectivity index (χ3v) is 3.42. The third kappa shape index (κ3) is 3.26. The van der Waals surface area contributed by atoms with E-state index in [0.717, 1.165) is 0 Å². The van der Waals surface area contributed by atoms with Crippen LogP contribution in [0, 0.1) is 0 Å². The van der Waals surface area contributed by atoms with E-state index >= 15 is 0 Å². The van der Waals surface area contributed by atoms with Crippen molar-refractivity contribution in [3.05, 3.63) is 46.2 Å². The molecule has 2 aromatic rings. The van der Waals surface area contributed by atoms with Gasteiger partial charge < -0.3 is 14.6 Å². The zero-order valence-electron chi connectivity index (χ0n) is 10.5. The summed E-state index contributed by atoms with van der Waals surface area (Å²) in [4.78, 5) is 11.3. The Hall–Kier alpha value is -2.01. The number of carboxylic acids is 1. The summed E-state index contributed by atoms with van der Waals surface area (Å²) in [5, 5.41) is 10.8. The van der Waals surface area contributed by atoms with Gasteiger partial charge in [-0.15, -0.1) is 11.3 Å². The lowest BCUT2D eigenvalue weighted by Crippen LogP contribution is -2.03. The van der Waals surface area contributed by atoms with Gasteiger partial charge >= 0.3 is 5.97 Å². The molecule has 0 saturated heterocycles. The lowest BCUT2D eigenvalue weighted by molar-refractivity contribution is 0.0699. The molecule has 0 aliphatic carbocycles. The molecular formula is C14H14O4S. The zero-order chi connectivity index (χ0) is 13.7. The van der Waals surface area contributed by atoms with Crippen LogP contribution in [-0.4, -0.2) is 17.7 Å². The normalized spacial score (nSPS) is 10.2. The van der Waals surface area contributed by atoms with E-state index < -0.39 is 5.97 Å². The molecule has 1 N–H and O–H groups in total. The molecule has 0 atom stereocenters. The van der Waals surface area contributed by atoms with E-state index in [0.29, 0.717) is 28.5 Å². The van der Waals surface area contributed by atoms with Gasteiger partial charge in [0.05, 0.1) is 6.61 Å². The highest BCUT2D eigenvalue weighted by molar-refractivity contribution is 7.12. The Morgan fingerprint density at radius 2 is 1.89 bits per heavy atom. The minimum Gasteiger partial charge on any atom is -0.490 e. The summed E-state index contributed by atoms with van der Waals surface area (Å²) in [7, 11) is 0. The van der Waals surface area contributed by atoms with Gasteiger partial charge in [-0.25, -0.2) is 4.79 Å². The van der Waals surface area contributed by atoms with Gasteiger partial charge in [0.2, 0.25) is 0 Å². The molecule has 0 aliphatic heterocycles. The molecule has 0 amide bonds. The summed E-state index contributed by atoms with van der Waals surface area (Å²) in [6, 6.07) is 9.11. The second-order valence-corrected chi connectivity index (χ2v) is 4.66. The van der Waals surface area contributed by atoms with Gasteiger partial charge in [-0.1, -0.05) is 12.1 Å². The van der Waals surface area contributed by atoms with Gasteiger partial charge in [-0.3, -0.25) is 0 Å². The number of carboxylic acid groups (broad SMARTS) is 1. The van der Waals surface area contributed by atoms with Crippen LogP contribution in [0.4, 0.5) is 0 Å². The highest BCUT2D eigenvalue weighted by Gasteiger charge is 2.12. The predicted octanol–water partition coefficient (Wildman–Crippen LogP) is 3.42. The third-order valence-electron chi connectivity index (χ3n) is 2.47. The van der Waals surface area contributed by atoms with Gasteiger partial charge in [0.15, 0.2) is 11.5 Å². The molecule has 0 fully saturated rings. The van der Waals surface area contributed by atoms with Crippen molar-refractivity contribution in [3.63, 3.8) is 0 Å². The summed E-state index contributed by atoms with van der Waals surface area (Å²) < 4.78 is 11.1. The standard InChI is InChI=1S/C14H14O4S/c1-2-17-11-5-3-4-6-12(11)18-9-10-7-8-19-13(10)14(15)16/h3-8H,2,9H2,1H3,(H,15,16). The number of thiophene rings is 1. The Bertz CT molecular complexity index is 562. The van der Waals surface area contributed by atoms with Crippen molar-refractivity contribution >= 4 is 17.3 Å². The van der Waals surface area contributed by atoms with Gasteiger partial charge in [0, 0.05) is 5.56 Å². The fraction of sp³-hybridized carbons (Fsp3) is 0.214. The largest absolute Gasteiger partial charge is 0.490 e. The molecule has 0 spiro atoms. The van der Waals surface area contributed by atoms with Crippen LogP contribution in [0.5, 0.6) is 11.5 Å². The maximum atomic E-state index is 11.0. The van der Waals surface area contributed by atoms with Crippen molar-refractivity contribution in [1.82, 2.24) is 0 Å². The molecule has 2 rings (SSSR count). The van der Waals surface area contributed by atoms with Crippen LogP contribution in [0.25, 0.3) is 0 Å². The van der Waals surface area contributed by atoms with E-state index in [-0.39, 0.29) is 6.61 Å². The molecule has 0 radical (unpaired) electrons. The Morgan fingerprint density at radius 3 is 2.53 bits per heavy atom. The van der Waals surface area contributed by atoms with Crippen molar-refractivity contribution in [2.24, 2.45) is 0 Å². The Labute approximate surface area is 115 Å². The molecule has 0 saturated carbocycles. The maximum absolute atomic E-state index is 11.0. The first kappa shape index (κ1) is 13.4. The molecule has 100 valence electrons. The van der Waals surface area contributed by atoms with E-state index in [1.54, 1.807) is 17.5 Å². The quantitative estimate of drug-likeness (QED) is 0.879. The van der Waals surface area contributed by atoms with Crippen molar-refractivity contribution in [2.45, 2.75) is 13.5 Å². The number of hydrogen-bond acceptors (Lipinski definition) is 4. The van der Waals surface area contributed by atoms with Crippen LogP contribution in [0.1, 0.15) is 22.2 Å². The number of benzene rings is 1. The highest BCUT2D eigenvalue weighted by atomic mass is 32.1. The van der Waals surface area contributed by atoms with E-state index in [1.165, 1.54) is 11.3 Å². The molecule has 19 heavy (non-hydrogen) atoms. The van der Waals surface area contributed by atoms with Gasteiger partial charge in [0.1, 0.15) is 11.5 Å². The first-order valence-electron chi connectivity index (χ1n) is 5.86. The lowest BCUT2D eigenvalue weighted by Gasteiger charge is -2.11. The molecule has 0 aliphatic rings. The van der Waals surface area contributed by atoms with Crippen LogP contribution in [0.2, 0.25) is 0 Å². The summed E-state index contributed by atoms with van der Waals surface area (Å²) in [5.41, 5.74) is 0.670. The number of carbonyl (C=O) groups is 1. The maximum Gasteiger partial charge on any atom is 0.346 e. The van der Waals surface area contributed by atoms with Crippen molar-refractivity contribution < 1.29 is 19.4 Å². The molecule has 1 aromatic heterocycles. The van der Waals surface area contributed by atoms with Crippen molar-refractivity contribution in [3.8, 4) is 11.5 Å². The Balaban J connectivity index is 2.10. The van der Waals surface area contributed by atoms with Gasteiger partial charge in [-0.2, -0.15) is 0 Å². The van der Waals surface area contributed by atoms with Crippen LogP contribution in [0.15, 0.2) is 35.7 Å². The number of ether oxygens (including phenoxy) is 2. The fourth-order valence-corrected chi connectivity index (χ4v) is 2.38. The Morgan fingerprint density at radius 1 is 1.21 bits per heavy atom. The van der Waals surface area contributed by atoms with Gasteiger partial charge in [-0.05, 0) is 30.5 Å². The number of hydrogen-bond donors (Lipinski definition) is 1. The average molecular weight is 278 g/mol. The molecule has 1 aromatic carbocycles. The minimum atomic E-state index is -0.924. The monoisotopic (exact) mass is 278 g/mol. The number of rotatable bonds is 6. The smallest absolute Gasteiger partial charge is 0.346 e. The predicted molar refractivity (Wildman–Crippen MR) is 73.2 cm³/mol. The highest BCUT2D eigenvalue weighted by Crippen LogP contribution is 2.28. The van der Waals surface area contributed by atoms with Crippen molar-refractivity contribution in [2.75, 3.05) is 6.61 Å². The first-order valence-corrected chi connectivity index (χ1v) is 6.74.